The predicted molar refractivity (Wildman–Crippen MR) is 153 cm³/mol. The van der Waals surface area contributed by atoms with E-state index in [-0.39, 0.29) is 45.4 Å². The molecule has 1 fully saturated rings. The molecule has 1 aliphatic carbocycles. The van der Waals surface area contributed by atoms with Crippen molar-refractivity contribution in [1.29, 1.82) is 0 Å². The van der Waals surface area contributed by atoms with Crippen molar-refractivity contribution in [2.45, 2.75) is 93.6 Å². The minimum Gasteiger partial charge on any atom is -0.459 e. The lowest BCUT2D eigenvalue weighted by molar-refractivity contribution is -0.0922. The lowest BCUT2D eigenvalue weighted by Gasteiger charge is -2.50. The third kappa shape index (κ3) is 5.39. The van der Waals surface area contributed by atoms with Crippen molar-refractivity contribution in [3.05, 3.63) is 53.0 Å². The zero-order chi connectivity index (χ0) is 28.2. The molecule has 0 amide bonds. The number of benzene rings is 1. The molecule has 2 atom stereocenters. The number of nitrogens with one attached hydrogen (secondary N) is 1. The Bertz CT molecular complexity index is 1330. The number of carbonyl (C=O) groups is 1. The van der Waals surface area contributed by atoms with Gasteiger partial charge in [0.2, 0.25) is 5.69 Å². The summed E-state index contributed by atoms with van der Waals surface area (Å²) in [5.74, 6) is 1.22. The third-order valence-electron chi connectivity index (χ3n) is 8.33. The van der Waals surface area contributed by atoms with Crippen LogP contribution in [0.4, 0.5) is 5.69 Å². The first-order valence-electron chi connectivity index (χ1n) is 13.8. The number of esters is 1. The average molecular weight is 517 g/mol. The summed E-state index contributed by atoms with van der Waals surface area (Å²) < 4.78 is 8.10. The Morgan fingerprint density at radius 1 is 1.00 bits per heavy atom. The van der Waals surface area contributed by atoms with E-state index in [1.165, 1.54) is 5.56 Å². The average Bonchev–Trinajstić information content (AvgIpc) is 3.35. The lowest BCUT2D eigenvalue weighted by Crippen LogP contribution is -2.49. The van der Waals surface area contributed by atoms with Gasteiger partial charge in [-0.3, -0.25) is 9.61 Å². The number of aromatic amines is 1. The highest BCUT2D eigenvalue weighted by Crippen LogP contribution is 2.50. The summed E-state index contributed by atoms with van der Waals surface area (Å²) in [5.41, 5.74) is 3.12. The van der Waals surface area contributed by atoms with E-state index in [2.05, 4.69) is 91.3 Å². The van der Waals surface area contributed by atoms with Gasteiger partial charge in [0.15, 0.2) is 11.5 Å². The van der Waals surface area contributed by atoms with E-state index in [1.807, 2.05) is 12.1 Å². The van der Waals surface area contributed by atoms with E-state index in [0.717, 1.165) is 18.4 Å². The monoisotopic (exact) mass is 516 g/mol. The Hall–Kier alpha value is -3.07. The van der Waals surface area contributed by atoms with Gasteiger partial charge >= 0.3 is 5.97 Å². The smallest absolute Gasteiger partial charge is 0.331 e. The Morgan fingerprint density at radius 2 is 1.55 bits per heavy atom. The van der Waals surface area contributed by atoms with Crippen molar-refractivity contribution >= 4 is 17.3 Å². The van der Waals surface area contributed by atoms with Crippen LogP contribution in [0.25, 0.3) is 21.9 Å². The first-order chi connectivity index (χ1) is 17.5. The first kappa shape index (κ1) is 28.0. The number of hydrogen-bond donors (Lipinski definition) is 1. The number of nitrogens with zero attached hydrogens (tertiary/aromatic N) is 3. The summed E-state index contributed by atoms with van der Waals surface area (Å²) in [6.45, 7) is 30.0. The number of rotatable bonds is 3. The molecule has 38 heavy (non-hydrogen) atoms. The SMILES string of the molecule is [C-]#[N+]c1cn2[nH]c(-c3ccc(C(C)(C)C)cc3)nc2c1C(=O)OC1C(C(C)(C)C)CC(C)CC1C(C)(C)C. The highest BCUT2D eigenvalue weighted by Gasteiger charge is 2.48. The number of carbonyl (C=O) groups excluding carboxylic acids is 1. The minimum atomic E-state index is -0.456. The number of H-pyrrole nitrogens is 1. The molecule has 0 bridgehead atoms. The largest absolute Gasteiger partial charge is 0.459 e. The molecule has 0 aliphatic heterocycles. The molecule has 2 unspecified atom stereocenters. The van der Waals surface area contributed by atoms with Crippen LogP contribution in [-0.2, 0) is 10.2 Å². The van der Waals surface area contributed by atoms with E-state index in [9.17, 15) is 4.79 Å². The summed E-state index contributed by atoms with van der Waals surface area (Å²) in [5, 5.41) is 3.25. The number of ether oxygens (including phenoxy) is 1. The van der Waals surface area contributed by atoms with E-state index >= 15 is 0 Å². The fraction of sp³-hybridized carbons (Fsp3) is 0.594. The van der Waals surface area contributed by atoms with Crippen molar-refractivity contribution in [3.8, 4) is 11.4 Å². The molecule has 204 valence electrons. The topological polar surface area (TPSA) is 63.8 Å². The normalized spacial score (nSPS) is 22.9. The van der Waals surface area contributed by atoms with E-state index < -0.39 is 5.97 Å². The maximum absolute atomic E-state index is 13.9. The van der Waals surface area contributed by atoms with Gasteiger partial charge in [0.1, 0.15) is 11.7 Å². The second-order valence-electron chi connectivity index (χ2n) is 14.5. The Labute approximate surface area is 228 Å². The molecule has 1 saturated carbocycles. The van der Waals surface area contributed by atoms with Crippen LogP contribution >= 0.6 is 0 Å². The molecule has 1 N–H and O–H groups in total. The molecule has 1 aliphatic rings. The van der Waals surface area contributed by atoms with Gasteiger partial charge in [-0.05, 0) is 40.6 Å². The van der Waals surface area contributed by atoms with Gasteiger partial charge < -0.3 is 4.74 Å². The maximum Gasteiger partial charge on any atom is 0.331 e. The Balaban J connectivity index is 1.72. The van der Waals surface area contributed by atoms with Crippen molar-refractivity contribution in [3.63, 3.8) is 0 Å². The minimum absolute atomic E-state index is 0.0133. The zero-order valence-corrected chi connectivity index (χ0v) is 24.8. The molecule has 2 heterocycles. The quantitative estimate of drug-likeness (QED) is 0.280. The van der Waals surface area contributed by atoms with Crippen LogP contribution in [0.1, 0.15) is 98.0 Å². The number of fused-ring (bicyclic) bond motifs is 1. The summed E-state index contributed by atoms with van der Waals surface area (Å²) >= 11 is 0. The molecule has 1 aromatic carbocycles. The van der Waals surface area contributed by atoms with Crippen molar-refractivity contribution < 1.29 is 9.53 Å². The first-order valence-corrected chi connectivity index (χ1v) is 13.8. The molecule has 6 nitrogen and oxygen atoms in total. The van der Waals surface area contributed by atoms with E-state index in [0.29, 0.717) is 17.4 Å². The molecular formula is C32H44N4O2. The van der Waals surface area contributed by atoms with Crippen molar-refractivity contribution in [1.82, 2.24) is 14.6 Å². The zero-order valence-electron chi connectivity index (χ0n) is 24.8. The second kappa shape index (κ2) is 9.59. The highest BCUT2D eigenvalue weighted by atomic mass is 16.5. The highest BCUT2D eigenvalue weighted by molar-refractivity contribution is 6.03. The van der Waals surface area contributed by atoms with Gasteiger partial charge in [0.25, 0.3) is 0 Å². The van der Waals surface area contributed by atoms with Crippen molar-refractivity contribution in [2.24, 2.45) is 28.6 Å². The van der Waals surface area contributed by atoms with E-state index in [1.54, 1.807) is 10.7 Å². The van der Waals surface area contributed by atoms with Crippen LogP contribution in [0.15, 0.2) is 30.5 Å². The predicted octanol–water partition coefficient (Wildman–Crippen LogP) is 8.46. The molecule has 0 spiro atoms. The van der Waals surface area contributed by atoms with Crippen LogP contribution in [0, 0.1) is 35.2 Å². The summed E-state index contributed by atoms with van der Waals surface area (Å²) in [6.07, 6.45) is 3.46. The van der Waals surface area contributed by atoms with Gasteiger partial charge in [0, 0.05) is 23.6 Å². The van der Waals surface area contributed by atoms with Crippen LogP contribution < -0.4 is 0 Å². The molecule has 0 radical (unpaired) electrons. The van der Waals surface area contributed by atoms with E-state index in [4.69, 9.17) is 16.3 Å². The summed E-state index contributed by atoms with van der Waals surface area (Å²) in [7, 11) is 0. The van der Waals surface area contributed by atoms with Crippen LogP contribution in [0.3, 0.4) is 0 Å². The Morgan fingerprint density at radius 3 is 2.03 bits per heavy atom. The van der Waals surface area contributed by atoms with Gasteiger partial charge in [-0.2, -0.15) is 0 Å². The van der Waals surface area contributed by atoms with Gasteiger partial charge in [-0.15, -0.1) is 0 Å². The Kier molecular flexibility index (Phi) is 7.06. The fourth-order valence-corrected chi connectivity index (χ4v) is 6.01. The standard InChI is InChI=1S/C32H44N4O2/c1-19-16-22(31(5,6)7)26(23(17-19)32(8,9)10)38-29(37)25-24(33-11)18-36-28(25)34-27(35-36)20-12-14-21(15-13-20)30(2,3)4/h12-15,18-19,22-23,26H,16-17H2,1-10H3,(H,34,35). The molecule has 4 rings (SSSR count). The van der Waals surface area contributed by atoms with Gasteiger partial charge in [0.05, 0.1) is 6.57 Å². The molecule has 6 heteroatoms. The third-order valence-corrected chi connectivity index (χ3v) is 8.33. The maximum atomic E-state index is 13.9. The summed E-state index contributed by atoms with van der Waals surface area (Å²) in [4.78, 5) is 22.3. The van der Waals surface area contributed by atoms with Crippen molar-refractivity contribution in [2.75, 3.05) is 0 Å². The molecule has 3 aromatic rings. The van der Waals surface area contributed by atoms with Crippen LogP contribution in [0.5, 0.6) is 0 Å². The molecular weight excluding hydrogens is 472 g/mol. The second-order valence-corrected chi connectivity index (χ2v) is 14.5. The van der Waals surface area contributed by atoms with Crippen LogP contribution in [-0.4, -0.2) is 26.7 Å². The lowest BCUT2D eigenvalue weighted by atomic mass is 9.59. The number of hydrogen-bond acceptors (Lipinski definition) is 3. The molecule has 2 aromatic heterocycles. The van der Waals surface area contributed by atoms with Gasteiger partial charge in [-0.1, -0.05) is 93.5 Å². The van der Waals surface area contributed by atoms with Gasteiger partial charge in [-0.25, -0.2) is 14.6 Å². The number of aromatic nitrogens is 3. The fourth-order valence-electron chi connectivity index (χ4n) is 6.01. The molecule has 0 saturated heterocycles. The van der Waals surface area contributed by atoms with Crippen LogP contribution in [0.2, 0.25) is 0 Å². The summed E-state index contributed by atoms with van der Waals surface area (Å²) in [6, 6.07) is 8.29.